The highest BCUT2D eigenvalue weighted by Crippen LogP contribution is 2.42. The van der Waals surface area contributed by atoms with Crippen molar-refractivity contribution in [2.75, 3.05) is 5.32 Å². The molecule has 2 N–H and O–H groups in total. The lowest BCUT2D eigenvalue weighted by Crippen LogP contribution is -2.37. The third-order valence-electron chi connectivity index (χ3n) is 7.18. The zero-order chi connectivity index (χ0) is 22.1. The molecule has 0 aromatic carbocycles. The predicted octanol–water partition coefficient (Wildman–Crippen LogP) is 4.70. The molecule has 0 saturated heterocycles. The van der Waals surface area contributed by atoms with Crippen LogP contribution >= 0.6 is 0 Å². The van der Waals surface area contributed by atoms with E-state index in [0.29, 0.717) is 25.3 Å². The minimum atomic E-state index is -1.21. The number of nitrogens with one attached hydrogen (secondary N) is 1. The van der Waals surface area contributed by atoms with Crippen molar-refractivity contribution in [3.8, 4) is 0 Å². The number of hydrogen-bond donors (Lipinski definition) is 2. The van der Waals surface area contributed by atoms with Gasteiger partial charge < -0.3 is 20.0 Å². The lowest BCUT2D eigenvalue weighted by atomic mass is 9.79. The molecule has 5 rings (SSSR count). The average Bonchev–Trinajstić information content (AvgIpc) is 3.41. The molecule has 0 atom stereocenters. The first-order valence-corrected chi connectivity index (χ1v) is 11.8. The van der Waals surface area contributed by atoms with Gasteiger partial charge in [0.1, 0.15) is 11.7 Å². The Balaban J connectivity index is 1.40. The Bertz CT molecular complexity index is 1020. The van der Waals surface area contributed by atoms with Crippen LogP contribution in [0.4, 0.5) is 10.5 Å². The van der Waals surface area contributed by atoms with Crippen LogP contribution in [-0.2, 0) is 16.1 Å². The van der Waals surface area contributed by atoms with Crippen molar-refractivity contribution in [1.29, 1.82) is 0 Å². The van der Waals surface area contributed by atoms with Gasteiger partial charge in [-0.1, -0.05) is 24.4 Å². The minimum absolute atomic E-state index is 0.257. The SMILES string of the molecule is CCn1ncc2c(NC3CCCCC3)c(C3=NOC4(CCC(OC(=O)O)CC4)C3)cnc21. The summed E-state index contributed by atoms with van der Waals surface area (Å²) < 4.78 is 6.88. The molecule has 2 aromatic heterocycles. The maximum atomic E-state index is 10.9. The smallest absolute Gasteiger partial charge is 0.450 e. The summed E-state index contributed by atoms with van der Waals surface area (Å²) in [5.74, 6) is 0. The van der Waals surface area contributed by atoms with E-state index in [1.165, 1.54) is 32.1 Å². The fourth-order valence-electron chi connectivity index (χ4n) is 5.40. The molecule has 172 valence electrons. The quantitative estimate of drug-likeness (QED) is 0.647. The molecular weight excluding hydrogens is 410 g/mol. The summed E-state index contributed by atoms with van der Waals surface area (Å²) in [5.41, 5.74) is 3.45. The summed E-state index contributed by atoms with van der Waals surface area (Å²) in [7, 11) is 0. The second-order valence-electron chi connectivity index (χ2n) is 9.30. The van der Waals surface area contributed by atoms with Gasteiger partial charge in [0.25, 0.3) is 0 Å². The van der Waals surface area contributed by atoms with Crippen LogP contribution in [0.2, 0.25) is 0 Å². The summed E-state index contributed by atoms with van der Waals surface area (Å²) in [6.07, 6.45) is 12.0. The molecule has 9 heteroatoms. The van der Waals surface area contributed by atoms with Crippen LogP contribution in [-0.4, -0.2) is 49.5 Å². The van der Waals surface area contributed by atoms with Crippen molar-refractivity contribution < 1.29 is 19.5 Å². The van der Waals surface area contributed by atoms with Crippen LogP contribution in [0.3, 0.4) is 0 Å². The molecule has 9 nitrogen and oxygen atoms in total. The number of aromatic nitrogens is 3. The number of rotatable bonds is 5. The zero-order valence-electron chi connectivity index (χ0n) is 18.5. The normalized spacial score (nSPS) is 26.2. The van der Waals surface area contributed by atoms with Crippen LogP contribution in [0.15, 0.2) is 17.5 Å². The molecule has 2 aliphatic carbocycles. The molecule has 1 aliphatic heterocycles. The summed E-state index contributed by atoms with van der Waals surface area (Å²) in [4.78, 5) is 21.6. The number of carboxylic acid groups (broad SMARTS) is 1. The van der Waals surface area contributed by atoms with Gasteiger partial charge in [-0.05, 0) is 45.4 Å². The third-order valence-corrected chi connectivity index (χ3v) is 7.18. The summed E-state index contributed by atoms with van der Waals surface area (Å²) in [6.45, 7) is 2.84. The van der Waals surface area contributed by atoms with Crippen LogP contribution in [0.1, 0.15) is 76.7 Å². The number of ether oxygens (including phenoxy) is 1. The van der Waals surface area contributed by atoms with Crippen molar-refractivity contribution in [2.45, 2.75) is 95.4 Å². The minimum Gasteiger partial charge on any atom is -0.450 e. The fourth-order valence-corrected chi connectivity index (χ4v) is 5.40. The second-order valence-corrected chi connectivity index (χ2v) is 9.30. The van der Waals surface area contributed by atoms with E-state index in [0.717, 1.165) is 47.4 Å². The van der Waals surface area contributed by atoms with Crippen molar-refractivity contribution in [3.05, 3.63) is 18.0 Å². The van der Waals surface area contributed by atoms with Gasteiger partial charge in [-0.2, -0.15) is 5.10 Å². The molecule has 0 unspecified atom stereocenters. The molecule has 3 aliphatic rings. The Morgan fingerprint density at radius 2 is 2.03 bits per heavy atom. The lowest BCUT2D eigenvalue weighted by molar-refractivity contribution is -0.0738. The topological polar surface area (TPSA) is 111 Å². The van der Waals surface area contributed by atoms with Gasteiger partial charge in [0.15, 0.2) is 5.65 Å². The largest absolute Gasteiger partial charge is 0.506 e. The Hall–Kier alpha value is -2.84. The average molecular weight is 442 g/mol. The van der Waals surface area contributed by atoms with E-state index >= 15 is 0 Å². The van der Waals surface area contributed by atoms with Gasteiger partial charge in [0.2, 0.25) is 0 Å². The number of fused-ring (bicyclic) bond motifs is 1. The fraction of sp³-hybridized carbons (Fsp3) is 0.652. The standard InChI is InChI=1S/C23H31N5O4/c1-2-28-21-18(14-25-28)20(26-15-6-4-3-5-7-15)17(13-24-21)19-12-23(32-27-19)10-8-16(9-11-23)31-22(29)30/h13-16H,2-12H2,1H3,(H,24,26)(H,29,30). The Kier molecular flexibility index (Phi) is 5.65. The maximum absolute atomic E-state index is 10.9. The van der Waals surface area contributed by atoms with Crippen molar-refractivity contribution >= 4 is 28.6 Å². The molecule has 3 heterocycles. The van der Waals surface area contributed by atoms with E-state index < -0.39 is 6.16 Å². The first-order chi connectivity index (χ1) is 15.6. The summed E-state index contributed by atoms with van der Waals surface area (Å²) in [6, 6.07) is 0.443. The molecule has 2 fully saturated rings. The van der Waals surface area contributed by atoms with E-state index in [1.54, 1.807) is 0 Å². The molecule has 0 radical (unpaired) electrons. The highest BCUT2D eigenvalue weighted by atomic mass is 16.7. The number of oxime groups is 1. The number of nitrogens with zero attached hydrogens (tertiary/aromatic N) is 4. The number of anilines is 1. The maximum Gasteiger partial charge on any atom is 0.506 e. The highest BCUT2D eigenvalue weighted by molar-refractivity contribution is 6.10. The number of pyridine rings is 1. The van der Waals surface area contributed by atoms with Gasteiger partial charge in [-0.25, -0.2) is 14.5 Å². The van der Waals surface area contributed by atoms with Crippen LogP contribution < -0.4 is 5.32 Å². The number of aryl methyl sites for hydroxylation is 1. The highest BCUT2D eigenvalue weighted by Gasteiger charge is 2.44. The Morgan fingerprint density at radius 3 is 2.75 bits per heavy atom. The van der Waals surface area contributed by atoms with Gasteiger partial charge >= 0.3 is 6.16 Å². The van der Waals surface area contributed by atoms with Gasteiger partial charge in [-0.15, -0.1) is 0 Å². The van der Waals surface area contributed by atoms with E-state index in [1.807, 2.05) is 17.1 Å². The van der Waals surface area contributed by atoms with Crippen LogP contribution in [0.25, 0.3) is 11.0 Å². The zero-order valence-corrected chi connectivity index (χ0v) is 18.5. The molecule has 1 spiro atoms. The first kappa shape index (κ1) is 21.0. The van der Waals surface area contributed by atoms with E-state index in [-0.39, 0.29) is 11.7 Å². The number of hydrogen-bond acceptors (Lipinski definition) is 7. The molecule has 0 amide bonds. The predicted molar refractivity (Wildman–Crippen MR) is 120 cm³/mol. The van der Waals surface area contributed by atoms with E-state index in [4.69, 9.17) is 19.7 Å². The van der Waals surface area contributed by atoms with Gasteiger partial charge in [0.05, 0.1) is 23.0 Å². The third kappa shape index (κ3) is 4.00. The summed E-state index contributed by atoms with van der Waals surface area (Å²) in [5, 5.41) is 22.8. The summed E-state index contributed by atoms with van der Waals surface area (Å²) >= 11 is 0. The van der Waals surface area contributed by atoms with Crippen molar-refractivity contribution in [3.63, 3.8) is 0 Å². The van der Waals surface area contributed by atoms with Crippen LogP contribution in [0.5, 0.6) is 0 Å². The molecular formula is C23H31N5O4. The second kappa shape index (κ2) is 8.60. The van der Waals surface area contributed by atoms with Crippen molar-refractivity contribution in [2.24, 2.45) is 5.16 Å². The molecule has 2 saturated carbocycles. The number of carbonyl (C=O) groups is 1. The monoisotopic (exact) mass is 441 g/mol. The Labute approximate surface area is 187 Å². The van der Waals surface area contributed by atoms with Gasteiger partial charge in [-0.3, -0.25) is 0 Å². The molecule has 32 heavy (non-hydrogen) atoms. The molecule has 2 aromatic rings. The van der Waals surface area contributed by atoms with E-state index in [9.17, 15) is 4.79 Å². The lowest BCUT2D eigenvalue weighted by Gasteiger charge is -2.34. The van der Waals surface area contributed by atoms with Crippen LogP contribution in [0, 0.1) is 0 Å². The Morgan fingerprint density at radius 1 is 1.25 bits per heavy atom. The molecule has 0 bridgehead atoms. The van der Waals surface area contributed by atoms with Crippen molar-refractivity contribution in [1.82, 2.24) is 14.8 Å². The first-order valence-electron chi connectivity index (χ1n) is 11.8. The van der Waals surface area contributed by atoms with E-state index in [2.05, 4.69) is 22.5 Å². The van der Waals surface area contributed by atoms with Gasteiger partial charge in [0, 0.05) is 30.8 Å².